The molecule has 1 aromatic heterocycles. The normalized spacial score (nSPS) is 20.2. The van der Waals surface area contributed by atoms with E-state index in [4.69, 9.17) is 4.42 Å². The van der Waals surface area contributed by atoms with E-state index in [1.165, 1.54) is 25.3 Å². The smallest absolute Gasteiger partial charge is 0.416 e. The molecule has 1 aromatic carbocycles. The van der Waals surface area contributed by atoms with Gasteiger partial charge in [0.25, 0.3) is 11.8 Å². The van der Waals surface area contributed by atoms with Crippen LogP contribution in [0.1, 0.15) is 28.6 Å². The van der Waals surface area contributed by atoms with Crippen molar-refractivity contribution in [2.24, 2.45) is 0 Å². The molecule has 26 heavy (non-hydrogen) atoms. The number of carbonyl (C=O) groups excluding carboxylic acids is 3. The number of amides is 4. The Morgan fingerprint density at radius 1 is 1.19 bits per heavy atom. The van der Waals surface area contributed by atoms with Gasteiger partial charge in [-0.3, -0.25) is 15.0 Å². The third-order valence-corrected chi connectivity index (χ3v) is 3.89. The van der Waals surface area contributed by atoms with Crippen LogP contribution in [-0.2, 0) is 16.5 Å². The molecule has 2 aromatic rings. The highest BCUT2D eigenvalue weighted by atomic mass is 19.4. The lowest BCUT2D eigenvalue weighted by Gasteiger charge is -2.19. The first-order valence-electron chi connectivity index (χ1n) is 7.32. The predicted molar refractivity (Wildman–Crippen MR) is 80.3 cm³/mol. The number of hydrogen-bond donors (Lipinski definition) is 2. The molecule has 2 heterocycles. The molecule has 1 aliphatic heterocycles. The maximum atomic E-state index is 12.6. The molecule has 1 fully saturated rings. The van der Waals surface area contributed by atoms with E-state index in [1.54, 1.807) is 0 Å². The van der Waals surface area contributed by atoms with Gasteiger partial charge in [0, 0.05) is 5.56 Å². The summed E-state index contributed by atoms with van der Waals surface area (Å²) in [5.74, 6) is -1.54. The van der Waals surface area contributed by atoms with Crippen molar-refractivity contribution in [1.82, 2.24) is 15.8 Å². The molecule has 1 saturated heterocycles. The van der Waals surface area contributed by atoms with E-state index in [9.17, 15) is 27.6 Å². The lowest BCUT2D eigenvalue weighted by Crippen LogP contribution is -2.47. The van der Waals surface area contributed by atoms with Crippen molar-refractivity contribution in [1.29, 1.82) is 0 Å². The molecular formula is C16H12F3N3O4. The van der Waals surface area contributed by atoms with Crippen LogP contribution in [0.5, 0.6) is 0 Å². The summed E-state index contributed by atoms with van der Waals surface area (Å²) >= 11 is 0. The van der Waals surface area contributed by atoms with E-state index >= 15 is 0 Å². The van der Waals surface area contributed by atoms with E-state index in [-0.39, 0.29) is 11.3 Å². The molecule has 10 heteroatoms. The van der Waals surface area contributed by atoms with Gasteiger partial charge in [0.1, 0.15) is 5.76 Å². The second kappa shape index (κ2) is 5.90. The van der Waals surface area contributed by atoms with Crippen LogP contribution in [0.4, 0.5) is 18.0 Å². The van der Waals surface area contributed by atoms with Crippen LogP contribution in [-0.4, -0.2) is 22.9 Å². The summed E-state index contributed by atoms with van der Waals surface area (Å²) in [6, 6.07) is 5.48. The van der Waals surface area contributed by atoms with Crippen molar-refractivity contribution in [3.8, 4) is 0 Å². The molecule has 0 unspecified atom stereocenters. The highest BCUT2D eigenvalue weighted by Gasteiger charge is 2.52. The van der Waals surface area contributed by atoms with Gasteiger partial charge in [0.2, 0.25) is 0 Å². The van der Waals surface area contributed by atoms with Crippen LogP contribution in [0, 0.1) is 0 Å². The molecular weight excluding hydrogens is 355 g/mol. The van der Waals surface area contributed by atoms with Gasteiger partial charge in [0.15, 0.2) is 5.54 Å². The third kappa shape index (κ3) is 2.89. The Hall–Kier alpha value is -3.30. The zero-order valence-corrected chi connectivity index (χ0v) is 13.3. The monoisotopic (exact) mass is 367 g/mol. The zero-order valence-electron chi connectivity index (χ0n) is 13.3. The van der Waals surface area contributed by atoms with Gasteiger partial charge in [-0.15, -0.1) is 0 Å². The van der Waals surface area contributed by atoms with Gasteiger partial charge in [0.05, 0.1) is 11.8 Å². The number of imide groups is 1. The lowest BCUT2D eigenvalue weighted by atomic mass is 10.00. The van der Waals surface area contributed by atoms with E-state index < -0.39 is 35.1 Å². The molecule has 1 atom stereocenters. The summed E-state index contributed by atoms with van der Waals surface area (Å²) in [6.45, 7) is 1.40. The van der Waals surface area contributed by atoms with Crippen LogP contribution in [0.15, 0.2) is 47.1 Å². The Balaban J connectivity index is 1.77. The van der Waals surface area contributed by atoms with Crippen LogP contribution in [0.2, 0.25) is 0 Å². The fourth-order valence-corrected chi connectivity index (χ4v) is 2.45. The molecule has 4 amide bonds. The molecule has 1 aliphatic rings. The van der Waals surface area contributed by atoms with Crippen molar-refractivity contribution < 1.29 is 32.0 Å². The van der Waals surface area contributed by atoms with Gasteiger partial charge in [-0.1, -0.05) is 0 Å². The first-order valence-corrected chi connectivity index (χ1v) is 7.32. The minimum Gasteiger partial charge on any atom is -0.466 e. The quantitative estimate of drug-likeness (QED) is 0.815. The number of nitrogens with one attached hydrogen (secondary N) is 2. The number of carbonyl (C=O) groups is 3. The number of rotatable bonds is 3. The molecule has 7 nitrogen and oxygen atoms in total. The van der Waals surface area contributed by atoms with Crippen molar-refractivity contribution in [2.45, 2.75) is 18.6 Å². The first-order chi connectivity index (χ1) is 12.1. The van der Waals surface area contributed by atoms with Gasteiger partial charge in [-0.05, 0) is 43.3 Å². The first kappa shape index (κ1) is 17.5. The summed E-state index contributed by atoms with van der Waals surface area (Å²) < 4.78 is 42.8. The second-order valence-electron chi connectivity index (χ2n) is 5.69. The Morgan fingerprint density at radius 3 is 2.38 bits per heavy atom. The topological polar surface area (TPSA) is 91.7 Å². The predicted octanol–water partition coefficient (Wildman–Crippen LogP) is 2.41. The van der Waals surface area contributed by atoms with E-state index in [1.807, 2.05) is 0 Å². The average molecular weight is 367 g/mol. The van der Waals surface area contributed by atoms with Gasteiger partial charge in [-0.2, -0.15) is 18.2 Å². The van der Waals surface area contributed by atoms with Gasteiger partial charge in [-0.25, -0.2) is 4.79 Å². The Bertz CT molecular complexity index is 862. The fraction of sp³-hybridized carbons (Fsp3) is 0.188. The molecule has 3 rings (SSSR count). The number of furan rings is 1. The summed E-state index contributed by atoms with van der Waals surface area (Å²) in [5, 5.41) is 2.86. The highest BCUT2D eigenvalue weighted by molar-refractivity contribution is 6.09. The molecule has 0 bridgehead atoms. The Labute approximate surface area is 144 Å². The van der Waals surface area contributed by atoms with Crippen molar-refractivity contribution in [3.05, 3.63) is 59.5 Å². The maximum absolute atomic E-state index is 12.6. The van der Waals surface area contributed by atoms with Crippen LogP contribution < -0.4 is 10.7 Å². The second-order valence-corrected chi connectivity index (χ2v) is 5.69. The largest absolute Gasteiger partial charge is 0.466 e. The summed E-state index contributed by atoms with van der Waals surface area (Å²) in [7, 11) is 0. The SMILES string of the molecule is C[C@@]1(c2ccco2)NC(=O)N(NC(=O)c2ccc(C(F)(F)F)cc2)C1=O. The Kier molecular flexibility index (Phi) is 3.98. The summed E-state index contributed by atoms with van der Waals surface area (Å²) in [5.41, 5.74) is -0.496. The minimum absolute atomic E-state index is 0.148. The maximum Gasteiger partial charge on any atom is 0.416 e. The number of hydrazine groups is 1. The van der Waals surface area contributed by atoms with Gasteiger partial charge >= 0.3 is 12.2 Å². The highest BCUT2D eigenvalue weighted by Crippen LogP contribution is 2.30. The van der Waals surface area contributed by atoms with E-state index in [0.29, 0.717) is 5.01 Å². The molecule has 0 saturated carbocycles. The lowest BCUT2D eigenvalue weighted by molar-refractivity contribution is -0.137. The zero-order chi connectivity index (χ0) is 19.1. The van der Waals surface area contributed by atoms with Crippen molar-refractivity contribution in [2.75, 3.05) is 0 Å². The summed E-state index contributed by atoms with van der Waals surface area (Å²) in [4.78, 5) is 36.7. The standard InChI is InChI=1S/C16H12F3N3O4/c1-15(11-3-2-8-26-11)13(24)22(14(25)20-15)21-12(23)9-4-6-10(7-5-9)16(17,18)19/h2-8H,1H3,(H,20,25)(H,21,23)/t15-/m0/s1. The van der Waals surface area contributed by atoms with Crippen molar-refractivity contribution in [3.63, 3.8) is 0 Å². The minimum atomic E-state index is -4.54. The van der Waals surface area contributed by atoms with Crippen molar-refractivity contribution >= 4 is 17.8 Å². The number of alkyl halides is 3. The molecule has 2 N–H and O–H groups in total. The summed E-state index contributed by atoms with van der Waals surface area (Å²) in [6.07, 6.45) is -3.21. The van der Waals surface area contributed by atoms with Crippen LogP contribution in [0.3, 0.4) is 0 Å². The number of halogens is 3. The molecule has 0 radical (unpaired) electrons. The molecule has 0 spiro atoms. The molecule has 136 valence electrons. The third-order valence-electron chi connectivity index (χ3n) is 3.89. The average Bonchev–Trinajstić information content (AvgIpc) is 3.19. The van der Waals surface area contributed by atoms with E-state index in [0.717, 1.165) is 24.3 Å². The fourth-order valence-electron chi connectivity index (χ4n) is 2.45. The number of hydrogen-bond acceptors (Lipinski definition) is 4. The number of urea groups is 1. The van der Waals surface area contributed by atoms with Crippen LogP contribution in [0.25, 0.3) is 0 Å². The number of benzene rings is 1. The Morgan fingerprint density at radius 2 is 1.85 bits per heavy atom. The number of nitrogens with zero attached hydrogens (tertiary/aromatic N) is 1. The van der Waals surface area contributed by atoms with E-state index in [2.05, 4.69) is 10.7 Å². The van der Waals surface area contributed by atoms with Crippen LogP contribution >= 0.6 is 0 Å². The van der Waals surface area contributed by atoms with Gasteiger partial charge < -0.3 is 9.73 Å². The molecule has 0 aliphatic carbocycles.